The zero-order valence-corrected chi connectivity index (χ0v) is 15.7. The summed E-state index contributed by atoms with van der Waals surface area (Å²) in [4.78, 5) is 15.4. The third-order valence-corrected chi connectivity index (χ3v) is 6.12. The first-order valence-corrected chi connectivity index (χ1v) is 9.91. The third kappa shape index (κ3) is 5.44. The minimum atomic E-state index is -3.39. The molecule has 1 aliphatic heterocycles. The van der Waals surface area contributed by atoms with E-state index >= 15 is 0 Å². The van der Waals surface area contributed by atoms with Crippen molar-refractivity contribution in [3.63, 3.8) is 0 Å². The molecule has 24 heavy (non-hydrogen) atoms. The largest absolute Gasteiger partial charge is 0.348 e. The Balaban J connectivity index is 1.98. The predicted molar refractivity (Wildman–Crippen MR) is 95.4 cm³/mol. The number of likely N-dealkylation sites (N-methyl/N-ethyl adjacent to an activating group) is 1. The average Bonchev–Trinajstić information content (AvgIpc) is 2.72. The van der Waals surface area contributed by atoms with E-state index < -0.39 is 10.0 Å². The van der Waals surface area contributed by atoms with Gasteiger partial charge in [-0.1, -0.05) is 23.7 Å². The summed E-state index contributed by atoms with van der Waals surface area (Å²) in [6.07, 6.45) is 0.718. The molecule has 2 rings (SSSR count). The van der Waals surface area contributed by atoms with Crippen molar-refractivity contribution in [2.24, 2.45) is 0 Å². The Morgan fingerprint density at radius 1 is 1.21 bits per heavy atom. The molecule has 1 aromatic carbocycles. The maximum Gasteiger partial charge on any atom is 0.236 e. The summed E-state index contributed by atoms with van der Waals surface area (Å²) in [7, 11) is 0.0562. The average molecular weight is 374 g/mol. The molecule has 134 valence electrons. The summed E-state index contributed by atoms with van der Waals surface area (Å²) < 4.78 is 26.8. The normalized spacial score (nSPS) is 17.5. The first-order valence-electron chi connectivity index (χ1n) is 7.93. The van der Waals surface area contributed by atoms with E-state index in [1.54, 1.807) is 43.3 Å². The molecule has 1 saturated heterocycles. The summed E-state index contributed by atoms with van der Waals surface area (Å²) >= 11 is 5.93. The molecule has 0 aromatic heterocycles. The van der Waals surface area contributed by atoms with Gasteiger partial charge in [-0.3, -0.25) is 9.69 Å². The Morgan fingerprint density at radius 2 is 1.96 bits per heavy atom. The maximum absolute atomic E-state index is 12.6. The number of sulfonamides is 1. The van der Waals surface area contributed by atoms with Crippen molar-refractivity contribution < 1.29 is 13.2 Å². The topological polar surface area (TPSA) is 60.9 Å². The number of benzene rings is 1. The van der Waals surface area contributed by atoms with Gasteiger partial charge in [-0.15, -0.1) is 0 Å². The lowest BCUT2D eigenvalue weighted by Crippen LogP contribution is -2.39. The van der Waals surface area contributed by atoms with Crippen LogP contribution < -0.4 is 0 Å². The van der Waals surface area contributed by atoms with E-state index in [4.69, 9.17) is 11.6 Å². The van der Waals surface area contributed by atoms with Crippen LogP contribution in [0.3, 0.4) is 0 Å². The molecule has 6 nitrogen and oxygen atoms in total. The van der Waals surface area contributed by atoms with E-state index in [0.717, 1.165) is 13.0 Å². The summed E-state index contributed by atoms with van der Waals surface area (Å²) in [6, 6.07) is 6.93. The first-order chi connectivity index (χ1) is 11.3. The van der Waals surface area contributed by atoms with Crippen LogP contribution in [-0.4, -0.2) is 75.2 Å². The van der Waals surface area contributed by atoms with E-state index in [1.165, 1.54) is 4.31 Å². The molecule has 0 bridgehead atoms. The quantitative estimate of drug-likeness (QED) is 0.779. The monoisotopic (exact) mass is 373 g/mol. The maximum atomic E-state index is 12.6. The minimum absolute atomic E-state index is 0.0326. The van der Waals surface area contributed by atoms with E-state index in [1.807, 2.05) is 4.90 Å². The number of amides is 1. The van der Waals surface area contributed by atoms with Gasteiger partial charge in [0.05, 0.1) is 12.3 Å². The lowest BCUT2D eigenvalue weighted by molar-refractivity contribution is -0.129. The van der Waals surface area contributed by atoms with Gasteiger partial charge in [0.15, 0.2) is 0 Å². The third-order valence-electron chi connectivity index (χ3n) is 4.04. The van der Waals surface area contributed by atoms with Crippen LogP contribution in [0.4, 0.5) is 0 Å². The Bertz CT molecular complexity index is 679. The number of halogens is 1. The van der Waals surface area contributed by atoms with Gasteiger partial charge in [-0.25, -0.2) is 12.7 Å². The standard InChI is InChI=1S/C16H24ClN3O3S/c1-18(2)16(21)12-19-7-4-8-20(10-9-19)24(22,23)13-14-5-3-6-15(17)11-14/h3,5-6,11H,4,7-10,12-13H2,1-2H3. The van der Waals surface area contributed by atoms with Crippen molar-refractivity contribution in [2.45, 2.75) is 12.2 Å². The van der Waals surface area contributed by atoms with Crippen LogP contribution in [0.2, 0.25) is 5.02 Å². The lowest BCUT2D eigenvalue weighted by atomic mass is 10.2. The van der Waals surface area contributed by atoms with Crippen LogP contribution in [0.5, 0.6) is 0 Å². The molecule has 1 aromatic rings. The second-order valence-corrected chi connectivity index (χ2v) is 8.61. The lowest BCUT2D eigenvalue weighted by Gasteiger charge is -2.22. The van der Waals surface area contributed by atoms with Gasteiger partial charge in [0, 0.05) is 38.8 Å². The van der Waals surface area contributed by atoms with Crippen molar-refractivity contribution >= 4 is 27.5 Å². The molecule has 1 fully saturated rings. The second kappa shape index (κ2) is 8.29. The van der Waals surface area contributed by atoms with Crippen LogP contribution >= 0.6 is 11.6 Å². The van der Waals surface area contributed by atoms with Gasteiger partial charge < -0.3 is 4.90 Å². The van der Waals surface area contributed by atoms with E-state index in [2.05, 4.69) is 0 Å². The predicted octanol–water partition coefficient (Wildman–Crippen LogP) is 1.27. The molecule has 1 heterocycles. The number of hydrogen-bond acceptors (Lipinski definition) is 4. The minimum Gasteiger partial charge on any atom is -0.348 e. The number of hydrogen-bond donors (Lipinski definition) is 0. The Kier molecular flexibility index (Phi) is 6.62. The van der Waals surface area contributed by atoms with Crippen molar-refractivity contribution in [2.75, 3.05) is 46.8 Å². The molecule has 0 saturated carbocycles. The Morgan fingerprint density at radius 3 is 2.62 bits per heavy atom. The van der Waals surface area contributed by atoms with Crippen LogP contribution in [-0.2, 0) is 20.6 Å². The molecule has 0 aliphatic carbocycles. The SMILES string of the molecule is CN(C)C(=O)CN1CCCN(S(=O)(=O)Cc2cccc(Cl)c2)CC1. The van der Waals surface area contributed by atoms with Crippen molar-refractivity contribution in [3.8, 4) is 0 Å². The van der Waals surface area contributed by atoms with Gasteiger partial charge in [-0.05, 0) is 30.7 Å². The Hall–Kier alpha value is -1.15. The van der Waals surface area contributed by atoms with Crippen LogP contribution in [0, 0.1) is 0 Å². The Labute approximate surface area is 149 Å². The highest BCUT2D eigenvalue weighted by atomic mass is 35.5. The first kappa shape index (κ1) is 19.2. The van der Waals surface area contributed by atoms with Gasteiger partial charge in [0.25, 0.3) is 0 Å². The molecule has 1 amide bonds. The van der Waals surface area contributed by atoms with Crippen LogP contribution in [0.15, 0.2) is 24.3 Å². The van der Waals surface area contributed by atoms with Crippen molar-refractivity contribution in [3.05, 3.63) is 34.9 Å². The zero-order chi connectivity index (χ0) is 17.7. The van der Waals surface area contributed by atoms with Gasteiger partial charge in [0.2, 0.25) is 15.9 Å². The van der Waals surface area contributed by atoms with Crippen LogP contribution in [0.25, 0.3) is 0 Å². The molecule has 0 unspecified atom stereocenters. The number of rotatable bonds is 5. The zero-order valence-electron chi connectivity index (χ0n) is 14.1. The highest BCUT2D eigenvalue weighted by Crippen LogP contribution is 2.17. The van der Waals surface area contributed by atoms with E-state index in [-0.39, 0.29) is 11.7 Å². The molecule has 1 aliphatic rings. The van der Waals surface area contributed by atoms with Gasteiger partial charge >= 0.3 is 0 Å². The summed E-state index contributed by atoms with van der Waals surface area (Å²) in [5.41, 5.74) is 0.686. The highest BCUT2D eigenvalue weighted by molar-refractivity contribution is 7.88. The molecule has 0 spiro atoms. The van der Waals surface area contributed by atoms with Crippen molar-refractivity contribution in [1.29, 1.82) is 0 Å². The van der Waals surface area contributed by atoms with Gasteiger partial charge in [-0.2, -0.15) is 0 Å². The van der Waals surface area contributed by atoms with Crippen LogP contribution in [0.1, 0.15) is 12.0 Å². The summed E-state index contributed by atoms with van der Waals surface area (Å²) in [5.74, 6) is -0.0188. The highest BCUT2D eigenvalue weighted by Gasteiger charge is 2.26. The van der Waals surface area contributed by atoms with Crippen molar-refractivity contribution in [1.82, 2.24) is 14.1 Å². The fraction of sp³-hybridized carbons (Fsp3) is 0.562. The summed E-state index contributed by atoms with van der Waals surface area (Å²) in [5, 5.41) is 0.534. The second-order valence-electron chi connectivity index (χ2n) is 6.20. The van der Waals surface area contributed by atoms with E-state index in [0.29, 0.717) is 36.8 Å². The fourth-order valence-electron chi connectivity index (χ4n) is 2.64. The summed E-state index contributed by atoms with van der Waals surface area (Å²) in [6.45, 7) is 2.51. The smallest absolute Gasteiger partial charge is 0.236 e. The molecular weight excluding hydrogens is 350 g/mol. The molecule has 0 atom stereocenters. The van der Waals surface area contributed by atoms with E-state index in [9.17, 15) is 13.2 Å². The molecular formula is C16H24ClN3O3S. The number of nitrogens with zero attached hydrogens (tertiary/aromatic N) is 3. The fourth-order valence-corrected chi connectivity index (χ4v) is 4.41. The number of carbonyl (C=O) groups excluding carboxylic acids is 1. The molecule has 0 radical (unpaired) electrons. The van der Waals surface area contributed by atoms with Gasteiger partial charge in [0.1, 0.15) is 0 Å². The number of carbonyl (C=O) groups is 1. The molecule has 0 N–H and O–H groups in total. The molecule has 8 heteroatoms.